The Labute approximate surface area is 130 Å². The third-order valence-electron chi connectivity index (χ3n) is 2.75. The molecule has 0 fully saturated rings. The van der Waals surface area contributed by atoms with Gasteiger partial charge in [0.2, 0.25) is 0 Å². The molecule has 2 aromatic carbocycles. The molecular weight excluding hydrogens is 354 g/mol. The van der Waals surface area contributed by atoms with E-state index < -0.39 is 0 Å². The van der Waals surface area contributed by atoms with E-state index in [-0.39, 0.29) is 5.38 Å². The van der Waals surface area contributed by atoms with Gasteiger partial charge in [0.1, 0.15) is 0 Å². The molecule has 2 rings (SSSR count). The van der Waals surface area contributed by atoms with Gasteiger partial charge in [-0.3, -0.25) is 0 Å². The van der Waals surface area contributed by atoms with Crippen LogP contribution in [0.3, 0.4) is 0 Å². The zero-order chi connectivity index (χ0) is 13.3. The fourth-order valence-corrected chi connectivity index (χ4v) is 3.02. The summed E-state index contributed by atoms with van der Waals surface area (Å²) in [7, 11) is 0. The van der Waals surface area contributed by atoms with Gasteiger partial charge >= 0.3 is 0 Å². The summed E-state index contributed by atoms with van der Waals surface area (Å²) in [5, 5.41) is 0.945. The molecule has 0 N–H and O–H groups in total. The molecule has 1 atom stereocenters. The Morgan fingerprint density at radius 1 is 1.00 bits per heavy atom. The number of aryl methyl sites for hydroxylation is 1. The van der Waals surface area contributed by atoms with Crippen LogP contribution in [0.25, 0.3) is 0 Å². The first-order chi connectivity index (χ1) is 8.49. The van der Waals surface area contributed by atoms with Gasteiger partial charge in [-0.25, -0.2) is 0 Å². The van der Waals surface area contributed by atoms with Gasteiger partial charge in [0.15, 0.2) is 0 Å². The van der Waals surface area contributed by atoms with Crippen LogP contribution < -0.4 is 0 Å². The first kappa shape index (κ1) is 14.2. The fourth-order valence-electron chi connectivity index (χ4n) is 1.76. The lowest BCUT2D eigenvalue weighted by Crippen LogP contribution is -1.97. The Morgan fingerprint density at radius 3 is 2.44 bits per heavy atom. The van der Waals surface area contributed by atoms with Crippen molar-refractivity contribution in [2.24, 2.45) is 0 Å². The Hall–Kier alpha value is -0.210. The molecule has 2 aromatic rings. The summed E-state index contributed by atoms with van der Waals surface area (Å²) in [6.45, 7) is 2.02. The van der Waals surface area contributed by atoms with Crippen molar-refractivity contribution in [3.05, 3.63) is 67.6 Å². The topological polar surface area (TPSA) is 0 Å². The Kier molecular flexibility index (Phi) is 4.60. The summed E-state index contributed by atoms with van der Waals surface area (Å²) in [6, 6.07) is 11.3. The second-order valence-electron chi connectivity index (χ2n) is 4.03. The molecule has 0 aromatic heterocycles. The van der Waals surface area contributed by atoms with Crippen molar-refractivity contribution in [3.63, 3.8) is 0 Å². The summed E-state index contributed by atoms with van der Waals surface area (Å²) in [6.07, 6.45) is 0. The van der Waals surface area contributed by atoms with Gasteiger partial charge in [0.25, 0.3) is 0 Å². The van der Waals surface area contributed by atoms with Crippen LogP contribution >= 0.6 is 50.7 Å². The molecule has 0 radical (unpaired) electrons. The third-order valence-corrected chi connectivity index (χ3v) is 4.29. The number of hydrogen-bond acceptors (Lipinski definition) is 0. The van der Waals surface area contributed by atoms with Crippen molar-refractivity contribution in [3.8, 4) is 0 Å². The van der Waals surface area contributed by atoms with Gasteiger partial charge in [0.05, 0.1) is 5.38 Å². The summed E-state index contributed by atoms with van der Waals surface area (Å²) in [5.74, 6) is 0. The highest BCUT2D eigenvalue weighted by molar-refractivity contribution is 9.10. The molecule has 0 bridgehead atoms. The van der Waals surface area contributed by atoms with E-state index in [1.54, 1.807) is 12.1 Å². The molecule has 0 heterocycles. The Bertz CT molecular complexity index is 530. The van der Waals surface area contributed by atoms with Crippen LogP contribution in [-0.2, 0) is 0 Å². The minimum absolute atomic E-state index is 0.311. The van der Waals surface area contributed by atoms with Crippen molar-refractivity contribution >= 4 is 50.7 Å². The first-order valence-corrected chi connectivity index (χ1v) is 7.32. The van der Waals surface area contributed by atoms with E-state index in [0.717, 1.165) is 21.2 Å². The maximum atomic E-state index is 6.52. The molecule has 0 spiro atoms. The van der Waals surface area contributed by atoms with Crippen LogP contribution in [0, 0.1) is 6.92 Å². The van der Waals surface area contributed by atoms with Gasteiger partial charge in [-0.15, -0.1) is 11.6 Å². The second-order valence-corrected chi connectivity index (χ2v) is 6.23. The average Bonchev–Trinajstić information content (AvgIpc) is 2.34. The number of hydrogen-bond donors (Lipinski definition) is 0. The van der Waals surface area contributed by atoms with Gasteiger partial charge < -0.3 is 0 Å². The van der Waals surface area contributed by atoms with Gasteiger partial charge in [-0.05, 0) is 53.9 Å². The van der Waals surface area contributed by atoms with E-state index in [2.05, 4.69) is 15.9 Å². The first-order valence-electron chi connectivity index (χ1n) is 5.34. The standard InChI is InChI=1S/C14H10BrCl3/c1-8-2-3-9(15)6-11(8)14(18)12-7-10(16)4-5-13(12)17/h2-7,14H,1H3. The van der Waals surface area contributed by atoms with E-state index in [1.807, 2.05) is 31.2 Å². The molecule has 1 unspecified atom stereocenters. The summed E-state index contributed by atoms with van der Waals surface area (Å²) < 4.78 is 0.993. The maximum absolute atomic E-state index is 6.52. The third kappa shape index (κ3) is 3.03. The Morgan fingerprint density at radius 2 is 1.72 bits per heavy atom. The highest BCUT2D eigenvalue weighted by atomic mass is 79.9. The molecule has 0 nitrogen and oxygen atoms in total. The zero-order valence-corrected chi connectivity index (χ0v) is 13.4. The van der Waals surface area contributed by atoms with Gasteiger partial charge in [-0.2, -0.15) is 0 Å². The van der Waals surface area contributed by atoms with Crippen molar-refractivity contribution < 1.29 is 0 Å². The largest absolute Gasteiger partial charge is 0.113 e. The summed E-state index contributed by atoms with van der Waals surface area (Å²) in [4.78, 5) is 0. The van der Waals surface area contributed by atoms with Crippen LogP contribution in [0.4, 0.5) is 0 Å². The van der Waals surface area contributed by atoms with E-state index in [1.165, 1.54) is 0 Å². The quantitative estimate of drug-likeness (QED) is 0.541. The monoisotopic (exact) mass is 362 g/mol. The van der Waals surface area contributed by atoms with Crippen LogP contribution in [0.2, 0.25) is 10.0 Å². The lowest BCUT2D eigenvalue weighted by Gasteiger charge is -2.15. The number of benzene rings is 2. The van der Waals surface area contributed by atoms with Crippen LogP contribution in [0.15, 0.2) is 40.9 Å². The van der Waals surface area contributed by atoms with E-state index in [4.69, 9.17) is 34.8 Å². The Balaban J connectivity index is 2.50. The molecule has 4 heteroatoms. The minimum Gasteiger partial charge on any atom is -0.113 e. The van der Waals surface area contributed by atoms with Crippen LogP contribution in [-0.4, -0.2) is 0 Å². The van der Waals surface area contributed by atoms with Gasteiger partial charge in [-0.1, -0.05) is 45.2 Å². The minimum atomic E-state index is -0.311. The van der Waals surface area contributed by atoms with Crippen molar-refractivity contribution in [1.29, 1.82) is 0 Å². The molecule has 0 saturated heterocycles. The second kappa shape index (κ2) is 5.83. The maximum Gasteiger partial charge on any atom is 0.0853 e. The number of alkyl halides is 1. The molecule has 0 aliphatic heterocycles. The normalized spacial score (nSPS) is 12.5. The highest BCUT2D eigenvalue weighted by Crippen LogP contribution is 2.37. The number of rotatable bonds is 2. The van der Waals surface area contributed by atoms with Crippen molar-refractivity contribution in [2.45, 2.75) is 12.3 Å². The molecule has 18 heavy (non-hydrogen) atoms. The number of halogens is 4. The molecule has 0 saturated carbocycles. The predicted molar refractivity (Wildman–Crippen MR) is 83.0 cm³/mol. The highest BCUT2D eigenvalue weighted by Gasteiger charge is 2.17. The summed E-state index contributed by atoms with van der Waals surface area (Å²) in [5.41, 5.74) is 2.97. The van der Waals surface area contributed by atoms with Crippen molar-refractivity contribution in [1.82, 2.24) is 0 Å². The lowest BCUT2D eigenvalue weighted by atomic mass is 10.00. The smallest absolute Gasteiger partial charge is 0.0853 e. The van der Waals surface area contributed by atoms with E-state index in [0.29, 0.717) is 10.0 Å². The van der Waals surface area contributed by atoms with Crippen LogP contribution in [0.5, 0.6) is 0 Å². The van der Waals surface area contributed by atoms with Gasteiger partial charge in [0, 0.05) is 14.5 Å². The molecule has 94 valence electrons. The molecule has 0 aliphatic rings. The molecule has 0 aliphatic carbocycles. The SMILES string of the molecule is Cc1ccc(Br)cc1C(Cl)c1cc(Cl)ccc1Cl. The van der Waals surface area contributed by atoms with E-state index in [9.17, 15) is 0 Å². The van der Waals surface area contributed by atoms with E-state index >= 15 is 0 Å². The zero-order valence-electron chi connectivity index (χ0n) is 9.55. The van der Waals surface area contributed by atoms with Crippen molar-refractivity contribution in [2.75, 3.05) is 0 Å². The predicted octanol–water partition coefficient (Wildman–Crippen LogP) is 6.39. The van der Waals surface area contributed by atoms with Crippen LogP contribution in [0.1, 0.15) is 22.1 Å². The summed E-state index contributed by atoms with van der Waals surface area (Å²) >= 11 is 22.1. The fraction of sp³-hybridized carbons (Fsp3) is 0.143. The lowest BCUT2D eigenvalue weighted by molar-refractivity contribution is 1.11. The molecular formula is C14H10BrCl3. The average molecular weight is 364 g/mol. The molecule has 0 amide bonds.